The number of hydrogen-bond donors (Lipinski definition) is 1. The fourth-order valence-corrected chi connectivity index (χ4v) is 4.80. The summed E-state index contributed by atoms with van der Waals surface area (Å²) in [6.45, 7) is 9.39. The van der Waals surface area contributed by atoms with Crippen LogP contribution < -0.4 is 5.73 Å². The van der Waals surface area contributed by atoms with Gasteiger partial charge in [-0.2, -0.15) is 11.8 Å². The first-order chi connectivity index (χ1) is 8.55. The Labute approximate surface area is 117 Å². The number of nitrogens with zero attached hydrogens (tertiary/aromatic N) is 1. The number of nitrogens with two attached hydrogens (primary N) is 1. The van der Waals surface area contributed by atoms with Crippen LogP contribution in [-0.2, 0) is 0 Å². The summed E-state index contributed by atoms with van der Waals surface area (Å²) in [6.07, 6.45) is 8.33. The Morgan fingerprint density at radius 3 is 2.33 bits per heavy atom. The third-order valence-electron chi connectivity index (χ3n) is 4.66. The van der Waals surface area contributed by atoms with E-state index in [0.717, 1.165) is 6.54 Å². The fraction of sp³-hybridized carbons (Fsp3) is 1.00. The van der Waals surface area contributed by atoms with Crippen LogP contribution in [0, 0.1) is 5.41 Å². The molecule has 0 unspecified atom stereocenters. The average molecular weight is 270 g/mol. The highest BCUT2D eigenvalue weighted by molar-refractivity contribution is 8.00. The molecule has 0 aromatic rings. The quantitative estimate of drug-likeness (QED) is 0.799. The van der Waals surface area contributed by atoms with E-state index in [-0.39, 0.29) is 0 Å². The Balaban J connectivity index is 1.96. The van der Waals surface area contributed by atoms with Gasteiger partial charge in [0.05, 0.1) is 0 Å². The van der Waals surface area contributed by atoms with Crippen molar-refractivity contribution in [1.29, 1.82) is 0 Å². The van der Waals surface area contributed by atoms with Crippen LogP contribution in [0.3, 0.4) is 0 Å². The average Bonchev–Trinajstić information content (AvgIpc) is 2.54. The second-order valence-corrected chi connectivity index (χ2v) is 8.74. The molecule has 3 heteroatoms. The summed E-state index contributed by atoms with van der Waals surface area (Å²) in [7, 11) is 0. The molecule has 106 valence electrons. The largest absolute Gasteiger partial charge is 0.330 e. The zero-order chi connectivity index (χ0) is 13.1. The van der Waals surface area contributed by atoms with Gasteiger partial charge in [0.1, 0.15) is 0 Å². The van der Waals surface area contributed by atoms with Crippen molar-refractivity contribution in [2.75, 3.05) is 31.9 Å². The molecule has 0 spiro atoms. The van der Waals surface area contributed by atoms with E-state index in [4.69, 9.17) is 5.73 Å². The molecule has 2 fully saturated rings. The van der Waals surface area contributed by atoms with Crippen molar-refractivity contribution in [3.05, 3.63) is 0 Å². The van der Waals surface area contributed by atoms with Crippen LogP contribution in [0.1, 0.15) is 52.4 Å². The van der Waals surface area contributed by atoms with E-state index in [0.29, 0.717) is 10.2 Å². The van der Waals surface area contributed by atoms with Crippen LogP contribution in [0.25, 0.3) is 0 Å². The van der Waals surface area contributed by atoms with Crippen molar-refractivity contribution in [1.82, 2.24) is 4.90 Å². The van der Waals surface area contributed by atoms with E-state index in [1.54, 1.807) is 0 Å². The molecule has 2 rings (SSSR count). The lowest BCUT2D eigenvalue weighted by atomic mass is 9.79. The summed E-state index contributed by atoms with van der Waals surface area (Å²) in [5.74, 6) is 1.29. The Hall–Kier alpha value is 0.270. The molecular weight excluding hydrogens is 240 g/mol. The molecular formula is C15H30N2S. The molecule has 0 atom stereocenters. The second kappa shape index (κ2) is 6.15. The lowest BCUT2D eigenvalue weighted by molar-refractivity contribution is 0.131. The van der Waals surface area contributed by atoms with Gasteiger partial charge >= 0.3 is 0 Å². The summed E-state index contributed by atoms with van der Waals surface area (Å²) in [6, 6.07) is 0. The zero-order valence-corrected chi connectivity index (χ0v) is 13.0. The van der Waals surface area contributed by atoms with Gasteiger partial charge in [0, 0.05) is 30.1 Å². The Bertz CT molecular complexity index is 257. The van der Waals surface area contributed by atoms with Gasteiger partial charge in [-0.15, -0.1) is 0 Å². The van der Waals surface area contributed by atoms with E-state index in [1.165, 1.54) is 63.9 Å². The molecule has 0 radical (unpaired) electrons. The summed E-state index contributed by atoms with van der Waals surface area (Å²) in [5, 5.41) is 0. The van der Waals surface area contributed by atoms with Crippen molar-refractivity contribution >= 4 is 11.8 Å². The molecule has 1 aliphatic carbocycles. The molecule has 18 heavy (non-hydrogen) atoms. The third-order valence-corrected chi connectivity index (χ3v) is 5.96. The molecule has 1 saturated heterocycles. The molecule has 0 amide bonds. The summed E-state index contributed by atoms with van der Waals surface area (Å²) in [5.41, 5.74) is 6.59. The third kappa shape index (κ3) is 3.88. The second-order valence-electron chi connectivity index (χ2n) is 6.94. The highest BCUT2D eigenvalue weighted by atomic mass is 32.2. The van der Waals surface area contributed by atoms with Gasteiger partial charge in [0.25, 0.3) is 0 Å². The predicted molar refractivity (Wildman–Crippen MR) is 82.2 cm³/mol. The number of hydrogen-bond acceptors (Lipinski definition) is 3. The molecule has 1 aliphatic heterocycles. The predicted octanol–water partition coefficient (Wildman–Crippen LogP) is 3.11. The van der Waals surface area contributed by atoms with E-state index in [1.807, 2.05) is 0 Å². The van der Waals surface area contributed by atoms with Gasteiger partial charge in [0.15, 0.2) is 0 Å². The van der Waals surface area contributed by atoms with E-state index >= 15 is 0 Å². The topological polar surface area (TPSA) is 29.3 Å². The monoisotopic (exact) mass is 270 g/mol. The molecule has 2 nitrogen and oxygen atoms in total. The van der Waals surface area contributed by atoms with Crippen molar-refractivity contribution < 1.29 is 0 Å². The Morgan fingerprint density at radius 1 is 1.11 bits per heavy atom. The van der Waals surface area contributed by atoms with E-state index in [2.05, 4.69) is 30.5 Å². The highest BCUT2D eigenvalue weighted by Gasteiger charge is 2.35. The van der Waals surface area contributed by atoms with Crippen LogP contribution in [0.4, 0.5) is 0 Å². The molecule has 2 aliphatic rings. The molecule has 2 N–H and O–H groups in total. The van der Waals surface area contributed by atoms with Crippen molar-refractivity contribution in [2.24, 2.45) is 11.1 Å². The zero-order valence-electron chi connectivity index (χ0n) is 12.2. The van der Waals surface area contributed by atoms with Crippen LogP contribution in [0.5, 0.6) is 0 Å². The van der Waals surface area contributed by atoms with E-state index in [9.17, 15) is 0 Å². The highest BCUT2D eigenvalue weighted by Crippen LogP contribution is 2.37. The normalized spacial score (nSPS) is 28.8. The van der Waals surface area contributed by atoms with Crippen LogP contribution in [0.2, 0.25) is 0 Å². The minimum Gasteiger partial charge on any atom is -0.330 e. The SMILES string of the molecule is CC1(C)CN(CC2(CN)CCCCCC2)CCS1. The maximum Gasteiger partial charge on any atom is 0.0231 e. The summed E-state index contributed by atoms with van der Waals surface area (Å²) >= 11 is 2.12. The molecule has 0 aromatic carbocycles. The smallest absolute Gasteiger partial charge is 0.0231 e. The lowest BCUT2D eigenvalue weighted by Gasteiger charge is -2.43. The number of thioether (sulfide) groups is 1. The fourth-order valence-electron chi connectivity index (χ4n) is 3.63. The van der Waals surface area contributed by atoms with Gasteiger partial charge < -0.3 is 10.6 Å². The van der Waals surface area contributed by atoms with Crippen LogP contribution >= 0.6 is 11.8 Å². The van der Waals surface area contributed by atoms with Gasteiger partial charge in [-0.1, -0.05) is 25.7 Å². The van der Waals surface area contributed by atoms with Gasteiger partial charge in [-0.05, 0) is 38.6 Å². The Morgan fingerprint density at radius 2 is 1.78 bits per heavy atom. The van der Waals surface area contributed by atoms with E-state index < -0.39 is 0 Å². The Kier molecular flexibility index (Phi) is 5.01. The van der Waals surface area contributed by atoms with Crippen molar-refractivity contribution in [2.45, 2.75) is 57.1 Å². The standard InChI is InChI=1S/C15H30N2S/c1-14(2)12-17(9-10-18-14)13-15(11-16)7-5-3-4-6-8-15/h3-13,16H2,1-2H3. The molecule has 1 saturated carbocycles. The first-order valence-electron chi connectivity index (χ1n) is 7.62. The minimum atomic E-state index is 0.425. The molecule has 0 aromatic heterocycles. The van der Waals surface area contributed by atoms with Gasteiger partial charge in [0.2, 0.25) is 0 Å². The van der Waals surface area contributed by atoms with Gasteiger partial charge in [-0.25, -0.2) is 0 Å². The summed E-state index contributed by atoms with van der Waals surface area (Å²) < 4.78 is 0.429. The molecule has 1 heterocycles. The van der Waals surface area contributed by atoms with Crippen molar-refractivity contribution in [3.63, 3.8) is 0 Å². The number of rotatable bonds is 3. The first-order valence-corrected chi connectivity index (χ1v) is 8.60. The first kappa shape index (κ1) is 14.7. The van der Waals surface area contributed by atoms with Gasteiger partial charge in [-0.3, -0.25) is 0 Å². The summed E-state index contributed by atoms with van der Waals surface area (Å²) in [4.78, 5) is 2.69. The lowest BCUT2D eigenvalue weighted by Crippen LogP contribution is -2.49. The minimum absolute atomic E-state index is 0.425. The van der Waals surface area contributed by atoms with Crippen LogP contribution in [0.15, 0.2) is 0 Å². The van der Waals surface area contributed by atoms with Crippen molar-refractivity contribution in [3.8, 4) is 0 Å². The maximum absolute atomic E-state index is 6.16. The molecule has 0 bridgehead atoms. The maximum atomic E-state index is 6.16. The van der Waals surface area contributed by atoms with Crippen LogP contribution in [-0.4, -0.2) is 41.6 Å².